The average Bonchev–Trinajstić information content (AvgIpc) is 3.27. The lowest BCUT2D eigenvalue weighted by Crippen LogP contribution is -2.40. The summed E-state index contributed by atoms with van der Waals surface area (Å²) in [5, 5.41) is 3.25. The van der Waals surface area contributed by atoms with Gasteiger partial charge in [-0.2, -0.15) is 0 Å². The zero-order valence-corrected chi connectivity index (χ0v) is 16.7. The molecular weight excluding hydrogens is 342 g/mol. The number of aromatic amines is 1. The topological polar surface area (TPSA) is 73.7 Å². The minimum atomic E-state index is -0.0230. The van der Waals surface area contributed by atoms with Crippen LogP contribution in [-0.2, 0) is 17.8 Å². The summed E-state index contributed by atoms with van der Waals surface area (Å²) in [6, 6.07) is 2.37. The minimum Gasteiger partial charge on any atom is -0.334 e. The van der Waals surface area contributed by atoms with Crippen LogP contribution in [0.4, 0.5) is 0 Å². The van der Waals surface area contributed by atoms with E-state index in [1.54, 1.807) is 4.52 Å². The summed E-state index contributed by atoms with van der Waals surface area (Å²) in [5.74, 6) is 0.147. The maximum atomic E-state index is 13.1. The molecule has 1 N–H and O–H groups in total. The Kier molecular flexibility index (Phi) is 4.58. The number of likely N-dealkylation sites (tertiary alicyclic amines) is 1. The molecule has 27 heavy (non-hydrogen) atoms. The van der Waals surface area contributed by atoms with E-state index in [9.17, 15) is 9.59 Å². The molecule has 0 spiro atoms. The first-order valence-corrected chi connectivity index (χ1v) is 10.0. The zero-order valence-electron chi connectivity index (χ0n) is 16.7. The van der Waals surface area contributed by atoms with Crippen molar-refractivity contribution in [3.63, 3.8) is 0 Å². The molecule has 2 aliphatic rings. The van der Waals surface area contributed by atoms with Gasteiger partial charge in [0.15, 0.2) is 5.65 Å². The first kappa shape index (κ1) is 18.2. The highest BCUT2D eigenvalue weighted by atomic mass is 16.2. The van der Waals surface area contributed by atoms with E-state index in [-0.39, 0.29) is 23.4 Å². The molecule has 0 aliphatic carbocycles. The van der Waals surface area contributed by atoms with Crippen LogP contribution in [0.25, 0.3) is 5.65 Å². The molecule has 7 heteroatoms. The van der Waals surface area contributed by atoms with Crippen LogP contribution in [0.2, 0.25) is 0 Å². The summed E-state index contributed by atoms with van der Waals surface area (Å²) in [4.78, 5) is 34.6. The first-order chi connectivity index (χ1) is 12.9. The van der Waals surface area contributed by atoms with Gasteiger partial charge < -0.3 is 4.90 Å². The number of carbonyl (C=O) groups excluding carboxylic acids is 1. The van der Waals surface area contributed by atoms with Gasteiger partial charge in [-0.3, -0.25) is 19.6 Å². The highest BCUT2D eigenvalue weighted by Crippen LogP contribution is 2.32. The van der Waals surface area contributed by atoms with E-state index in [2.05, 4.69) is 23.8 Å². The number of hydrogen-bond acceptors (Lipinski definition) is 4. The molecule has 2 aromatic heterocycles. The number of carbonyl (C=O) groups is 1. The third-order valence-corrected chi connectivity index (χ3v) is 5.93. The molecule has 4 rings (SSSR count). The van der Waals surface area contributed by atoms with Crippen LogP contribution in [0.1, 0.15) is 63.5 Å². The Morgan fingerprint density at radius 3 is 2.74 bits per heavy atom. The smallest absolute Gasteiger partial charge is 0.277 e. The van der Waals surface area contributed by atoms with Gasteiger partial charge in [0.1, 0.15) is 0 Å². The largest absolute Gasteiger partial charge is 0.334 e. The van der Waals surface area contributed by atoms with Crippen molar-refractivity contribution in [3.05, 3.63) is 33.4 Å². The second kappa shape index (κ2) is 6.78. The highest BCUT2D eigenvalue weighted by Gasteiger charge is 2.33. The van der Waals surface area contributed by atoms with E-state index >= 15 is 0 Å². The molecule has 4 heterocycles. The van der Waals surface area contributed by atoms with Crippen LogP contribution >= 0.6 is 0 Å². The van der Waals surface area contributed by atoms with E-state index in [4.69, 9.17) is 4.98 Å². The van der Waals surface area contributed by atoms with Crippen molar-refractivity contribution in [2.45, 2.75) is 65.6 Å². The third-order valence-electron chi connectivity index (χ3n) is 5.93. The first-order valence-electron chi connectivity index (χ1n) is 10.0. The lowest BCUT2D eigenvalue weighted by atomic mass is 10.1. The van der Waals surface area contributed by atoms with E-state index in [0.29, 0.717) is 18.2 Å². The Labute approximate surface area is 159 Å². The third kappa shape index (κ3) is 3.08. The molecule has 0 aromatic carbocycles. The summed E-state index contributed by atoms with van der Waals surface area (Å²) in [6.07, 6.45) is 2.71. The Morgan fingerprint density at radius 2 is 2.04 bits per heavy atom. The van der Waals surface area contributed by atoms with Crippen molar-refractivity contribution in [2.24, 2.45) is 5.92 Å². The monoisotopic (exact) mass is 371 g/mol. The zero-order chi connectivity index (χ0) is 19.3. The number of amides is 1. The second-order valence-corrected chi connectivity index (χ2v) is 8.41. The van der Waals surface area contributed by atoms with Crippen molar-refractivity contribution in [2.75, 3.05) is 13.1 Å². The van der Waals surface area contributed by atoms with E-state index in [1.165, 1.54) is 0 Å². The normalized spacial score (nSPS) is 20.8. The Bertz CT molecular complexity index is 926. The molecule has 2 aliphatic heterocycles. The molecule has 146 valence electrons. The van der Waals surface area contributed by atoms with Gasteiger partial charge >= 0.3 is 0 Å². The van der Waals surface area contributed by atoms with Crippen molar-refractivity contribution in [1.82, 2.24) is 24.4 Å². The molecular formula is C20H29N5O2. The SMILES string of the molecule is CC(C)C(=O)N1CCC[C@@H]1c1cc2nc3c(c(=O)n2[nH]1)CN(C(C)C)CC3. The van der Waals surface area contributed by atoms with Crippen LogP contribution in [0, 0.1) is 5.92 Å². The van der Waals surface area contributed by atoms with E-state index in [1.807, 2.05) is 24.8 Å². The predicted octanol–water partition coefficient (Wildman–Crippen LogP) is 2.11. The van der Waals surface area contributed by atoms with Crippen molar-refractivity contribution in [3.8, 4) is 0 Å². The summed E-state index contributed by atoms with van der Waals surface area (Å²) >= 11 is 0. The molecule has 0 radical (unpaired) electrons. The number of H-pyrrole nitrogens is 1. The lowest BCUT2D eigenvalue weighted by Gasteiger charge is -2.30. The molecule has 2 aromatic rings. The average molecular weight is 371 g/mol. The summed E-state index contributed by atoms with van der Waals surface area (Å²) in [7, 11) is 0. The van der Waals surface area contributed by atoms with Gasteiger partial charge in [0.25, 0.3) is 5.56 Å². The Balaban J connectivity index is 1.72. The molecule has 1 atom stereocenters. The maximum Gasteiger partial charge on any atom is 0.277 e. The van der Waals surface area contributed by atoms with Gasteiger partial charge in [0, 0.05) is 44.1 Å². The van der Waals surface area contributed by atoms with Gasteiger partial charge in [-0.05, 0) is 26.7 Å². The van der Waals surface area contributed by atoms with Gasteiger partial charge in [0.05, 0.1) is 23.0 Å². The summed E-state index contributed by atoms with van der Waals surface area (Å²) < 4.78 is 1.56. The molecule has 1 amide bonds. The van der Waals surface area contributed by atoms with Gasteiger partial charge in [-0.1, -0.05) is 13.8 Å². The number of aromatic nitrogens is 3. The maximum absolute atomic E-state index is 13.1. The number of nitrogens with one attached hydrogen (secondary N) is 1. The van der Waals surface area contributed by atoms with Gasteiger partial charge in [-0.25, -0.2) is 9.50 Å². The lowest BCUT2D eigenvalue weighted by molar-refractivity contribution is -0.135. The minimum absolute atomic E-state index is 0.00481. The standard InChI is InChI=1S/C20H29N5O2/c1-12(2)19(26)24-8-5-6-17(24)16-10-18-21-15-7-9-23(13(3)4)11-14(15)20(27)25(18)22-16/h10,12-13,17,22H,5-9,11H2,1-4H3/t17-/m1/s1. The van der Waals surface area contributed by atoms with Crippen LogP contribution in [0.15, 0.2) is 10.9 Å². The predicted molar refractivity (Wildman–Crippen MR) is 104 cm³/mol. The molecule has 1 saturated heterocycles. The van der Waals surface area contributed by atoms with E-state index < -0.39 is 0 Å². The molecule has 0 bridgehead atoms. The second-order valence-electron chi connectivity index (χ2n) is 8.41. The fourth-order valence-corrected chi connectivity index (χ4v) is 4.32. The van der Waals surface area contributed by atoms with E-state index in [0.717, 1.165) is 49.3 Å². The number of hydrogen-bond donors (Lipinski definition) is 1. The van der Waals surface area contributed by atoms with Crippen molar-refractivity contribution < 1.29 is 4.79 Å². The van der Waals surface area contributed by atoms with Crippen LogP contribution in [-0.4, -0.2) is 49.4 Å². The molecule has 1 fully saturated rings. The van der Waals surface area contributed by atoms with Crippen molar-refractivity contribution >= 4 is 11.6 Å². The molecule has 0 unspecified atom stereocenters. The van der Waals surface area contributed by atoms with Crippen LogP contribution in [0.3, 0.4) is 0 Å². The number of rotatable bonds is 3. The quantitative estimate of drug-likeness (QED) is 0.897. The van der Waals surface area contributed by atoms with Gasteiger partial charge in [0.2, 0.25) is 5.91 Å². The fraction of sp³-hybridized carbons (Fsp3) is 0.650. The molecule has 0 saturated carbocycles. The van der Waals surface area contributed by atoms with Crippen LogP contribution in [0.5, 0.6) is 0 Å². The van der Waals surface area contributed by atoms with Gasteiger partial charge in [-0.15, -0.1) is 0 Å². The van der Waals surface area contributed by atoms with Crippen molar-refractivity contribution in [1.29, 1.82) is 0 Å². The fourth-order valence-electron chi connectivity index (χ4n) is 4.32. The number of fused-ring (bicyclic) bond motifs is 2. The van der Waals surface area contributed by atoms with Crippen LogP contribution < -0.4 is 5.56 Å². The Hall–Kier alpha value is -2.15. The summed E-state index contributed by atoms with van der Waals surface area (Å²) in [5.41, 5.74) is 3.28. The molecule has 7 nitrogen and oxygen atoms in total. The summed E-state index contributed by atoms with van der Waals surface area (Å²) in [6.45, 7) is 10.5. The highest BCUT2D eigenvalue weighted by molar-refractivity contribution is 5.78. The Morgan fingerprint density at radius 1 is 1.26 bits per heavy atom. The number of nitrogens with zero attached hydrogens (tertiary/aromatic N) is 4.